The number of ether oxygens (including phenoxy) is 2. The standard InChI is InChI=1S/C17H20ClNO2/c1-11-7-5-6-8-12(11)16(19-2)13-9-10-14(20-3)15(18)17(13)21-4/h5-10,16,19H,1-4H3. The van der Waals surface area contributed by atoms with Gasteiger partial charge in [-0.25, -0.2) is 0 Å². The average molecular weight is 306 g/mol. The smallest absolute Gasteiger partial charge is 0.146 e. The molecule has 2 aromatic carbocycles. The van der Waals surface area contributed by atoms with Crippen LogP contribution < -0.4 is 14.8 Å². The highest BCUT2D eigenvalue weighted by molar-refractivity contribution is 6.33. The molecule has 0 aliphatic rings. The highest BCUT2D eigenvalue weighted by atomic mass is 35.5. The molecule has 3 nitrogen and oxygen atoms in total. The van der Waals surface area contributed by atoms with E-state index in [1.54, 1.807) is 14.2 Å². The van der Waals surface area contributed by atoms with Crippen LogP contribution in [0.1, 0.15) is 22.7 Å². The topological polar surface area (TPSA) is 30.5 Å². The number of methoxy groups -OCH3 is 2. The molecule has 4 heteroatoms. The van der Waals surface area contributed by atoms with Gasteiger partial charge in [0, 0.05) is 5.56 Å². The lowest BCUT2D eigenvalue weighted by Gasteiger charge is -2.23. The van der Waals surface area contributed by atoms with Gasteiger partial charge in [-0.2, -0.15) is 0 Å². The SMILES string of the molecule is CNC(c1ccccc1C)c1ccc(OC)c(Cl)c1OC. The Morgan fingerprint density at radius 1 is 1.00 bits per heavy atom. The molecule has 21 heavy (non-hydrogen) atoms. The lowest BCUT2D eigenvalue weighted by molar-refractivity contribution is 0.388. The Morgan fingerprint density at radius 2 is 1.71 bits per heavy atom. The summed E-state index contributed by atoms with van der Waals surface area (Å²) in [5, 5.41) is 3.83. The molecular formula is C17H20ClNO2. The Bertz CT molecular complexity index is 628. The minimum atomic E-state index is 0.00422. The lowest BCUT2D eigenvalue weighted by Crippen LogP contribution is -2.19. The first-order chi connectivity index (χ1) is 10.1. The van der Waals surface area contributed by atoms with E-state index >= 15 is 0 Å². The summed E-state index contributed by atoms with van der Waals surface area (Å²) < 4.78 is 10.8. The summed E-state index contributed by atoms with van der Waals surface area (Å²) in [6.07, 6.45) is 0. The van der Waals surface area contributed by atoms with Crippen LogP contribution in [-0.2, 0) is 0 Å². The molecule has 0 fully saturated rings. The highest BCUT2D eigenvalue weighted by Crippen LogP contribution is 2.41. The number of hydrogen-bond donors (Lipinski definition) is 1. The first kappa shape index (κ1) is 15.7. The van der Waals surface area contributed by atoms with Gasteiger partial charge >= 0.3 is 0 Å². The van der Waals surface area contributed by atoms with E-state index in [1.165, 1.54) is 11.1 Å². The number of halogens is 1. The fraction of sp³-hybridized carbons (Fsp3) is 0.294. The summed E-state index contributed by atoms with van der Waals surface area (Å²) in [5.41, 5.74) is 3.39. The van der Waals surface area contributed by atoms with E-state index in [4.69, 9.17) is 21.1 Å². The fourth-order valence-corrected chi connectivity index (χ4v) is 2.86. The van der Waals surface area contributed by atoms with Crippen molar-refractivity contribution in [2.45, 2.75) is 13.0 Å². The quantitative estimate of drug-likeness (QED) is 0.906. The van der Waals surface area contributed by atoms with Crippen molar-refractivity contribution in [2.75, 3.05) is 21.3 Å². The monoisotopic (exact) mass is 305 g/mol. The third-order valence-electron chi connectivity index (χ3n) is 3.62. The van der Waals surface area contributed by atoms with E-state index in [-0.39, 0.29) is 6.04 Å². The van der Waals surface area contributed by atoms with Crippen LogP contribution in [0.2, 0.25) is 5.02 Å². The first-order valence-corrected chi connectivity index (χ1v) is 7.15. The third kappa shape index (κ3) is 2.99. The zero-order valence-corrected chi connectivity index (χ0v) is 13.5. The van der Waals surface area contributed by atoms with Gasteiger partial charge in [0.15, 0.2) is 0 Å². The van der Waals surface area contributed by atoms with Gasteiger partial charge in [0.05, 0.1) is 20.3 Å². The van der Waals surface area contributed by atoms with Crippen LogP contribution in [0.3, 0.4) is 0 Å². The second-order valence-corrected chi connectivity index (χ2v) is 5.16. The summed E-state index contributed by atoms with van der Waals surface area (Å²) in [4.78, 5) is 0. The van der Waals surface area contributed by atoms with E-state index in [1.807, 2.05) is 31.3 Å². The fourth-order valence-electron chi connectivity index (χ4n) is 2.53. The normalized spacial score (nSPS) is 12.0. The molecule has 0 saturated carbocycles. The van der Waals surface area contributed by atoms with E-state index in [9.17, 15) is 0 Å². The minimum absolute atomic E-state index is 0.00422. The van der Waals surface area contributed by atoms with Crippen LogP contribution in [0.5, 0.6) is 11.5 Å². The molecule has 1 N–H and O–H groups in total. The van der Waals surface area contributed by atoms with Gasteiger partial charge in [0.2, 0.25) is 0 Å². The van der Waals surface area contributed by atoms with E-state index < -0.39 is 0 Å². The maximum Gasteiger partial charge on any atom is 0.146 e. The summed E-state index contributed by atoms with van der Waals surface area (Å²) in [7, 11) is 5.14. The van der Waals surface area contributed by atoms with Gasteiger partial charge in [-0.1, -0.05) is 35.9 Å². The molecule has 0 spiro atoms. The van der Waals surface area contributed by atoms with Crippen LogP contribution in [0.25, 0.3) is 0 Å². The summed E-state index contributed by atoms with van der Waals surface area (Å²) >= 11 is 6.36. The zero-order chi connectivity index (χ0) is 15.4. The largest absolute Gasteiger partial charge is 0.495 e. The van der Waals surface area contributed by atoms with Crippen LogP contribution >= 0.6 is 11.6 Å². The molecule has 0 amide bonds. The van der Waals surface area contributed by atoms with Gasteiger partial charge in [0.1, 0.15) is 16.5 Å². The van der Waals surface area contributed by atoms with Crippen LogP contribution in [0, 0.1) is 6.92 Å². The van der Waals surface area contributed by atoms with Gasteiger partial charge < -0.3 is 14.8 Å². The van der Waals surface area contributed by atoms with Crippen molar-refractivity contribution in [2.24, 2.45) is 0 Å². The lowest BCUT2D eigenvalue weighted by atomic mass is 9.94. The minimum Gasteiger partial charge on any atom is -0.495 e. The molecule has 0 saturated heterocycles. The molecule has 0 radical (unpaired) electrons. The second-order valence-electron chi connectivity index (χ2n) is 4.78. The number of rotatable bonds is 5. The van der Waals surface area contributed by atoms with Crippen molar-refractivity contribution < 1.29 is 9.47 Å². The van der Waals surface area contributed by atoms with Gasteiger partial charge in [-0.15, -0.1) is 0 Å². The van der Waals surface area contributed by atoms with Crippen LogP contribution in [0.4, 0.5) is 0 Å². The molecule has 1 unspecified atom stereocenters. The predicted octanol–water partition coefficient (Wildman–Crippen LogP) is 3.97. The van der Waals surface area contributed by atoms with Crippen LogP contribution in [-0.4, -0.2) is 21.3 Å². The van der Waals surface area contributed by atoms with Crippen molar-refractivity contribution in [3.05, 3.63) is 58.1 Å². The molecule has 1 atom stereocenters. The zero-order valence-electron chi connectivity index (χ0n) is 12.7. The summed E-state index contributed by atoms with van der Waals surface area (Å²) in [6, 6.07) is 12.1. The predicted molar refractivity (Wildman–Crippen MR) is 86.6 cm³/mol. The third-order valence-corrected chi connectivity index (χ3v) is 3.97. The molecule has 0 heterocycles. The second kappa shape index (κ2) is 6.83. The number of aryl methyl sites for hydroxylation is 1. The molecule has 0 bridgehead atoms. The molecular weight excluding hydrogens is 286 g/mol. The number of hydrogen-bond acceptors (Lipinski definition) is 3. The highest BCUT2D eigenvalue weighted by Gasteiger charge is 2.21. The van der Waals surface area contributed by atoms with Gasteiger partial charge in [0.25, 0.3) is 0 Å². The molecule has 0 aromatic heterocycles. The van der Waals surface area contributed by atoms with E-state index in [0.29, 0.717) is 16.5 Å². The Hall–Kier alpha value is -1.71. The van der Waals surface area contributed by atoms with Crippen molar-refractivity contribution in [3.63, 3.8) is 0 Å². The molecule has 0 aliphatic heterocycles. The summed E-state index contributed by atoms with van der Waals surface area (Å²) in [5.74, 6) is 1.25. The average Bonchev–Trinajstić information content (AvgIpc) is 2.50. The van der Waals surface area contributed by atoms with Crippen molar-refractivity contribution >= 4 is 11.6 Å². The number of nitrogens with one attached hydrogen (secondary N) is 1. The Morgan fingerprint density at radius 3 is 2.29 bits per heavy atom. The Kier molecular flexibility index (Phi) is 5.10. The van der Waals surface area contributed by atoms with Crippen molar-refractivity contribution in [1.82, 2.24) is 5.32 Å². The first-order valence-electron chi connectivity index (χ1n) is 6.77. The van der Waals surface area contributed by atoms with Crippen molar-refractivity contribution in [3.8, 4) is 11.5 Å². The van der Waals surface area contributed by atoms with E-state index in [2.05, 4.69) is 24.4 Å². The van der Waals surface area contributed by atoms with Crippen molar-refractivity contribution in [1.29, 1.82) is 0 Å². The van der Waals surface area contributed by atoms with Gasteiger partial charge in [-0.3, -0.25) is 0 Å². The maximum atomic E-state index is 6.36. The Balaban J connectivity index is 2.58. The molecule has 112 valence electrons. The van der Waals surface area contributed by atoms with E-state index in [0.717, 1.165) is 5.56 Å². The molecule has 2 aromatic rings. The molecule has 2 rings (SSSR count). The summed E-state index contributed by atoms with van der Waals surface area (Å²) in [6.45, 7) is 2.09. The maximum absolute atomic E-state index is 6.36. The Labute approximate surface area is 130 Å². The molecule has 0 aliphatic carbocycles. The number of benzene rings is 2. The van der Waals surface area contributed by atoms with Gasteiger partial charge in [-0.05, 0) is 37.2 Å². The van der Waals surface area contributed by atoms with Crippen LogP contribution in [0.15, 0.2) is 36.4 Å².